The normalized spacial score (nSPS) is 15.1. The van der Waals surface area contributed by atoms with Gasteiger partial charge >= 0.3 is 7.12 Å². The van der Waals surface area contributed by atoms with Gasteiger partial charge in [-0.05, 0) is 24.0 Å². The van der Waals surface area contributed by atoms with Crippen LogP contribution in [0.5, 0.6) is 5.75 Å². The summed E-state index contributed by atoms with van der Waals surface area (Å²) in [5.41, 5.74) is 1.31. The van der Waals surface area contributed by atoms with Gasteiger partial charge in [0.15, 0.2) is 0 Å². The Hall–Kier alpha value is -1.04. The fourth-order valence-corrected chi connectivity index (χ4v) is 2.30. The molecule has 0 saturated heterocycles. The van der Waals surface area contributed by atoms with Crippen molar-refractivity contribution in [3.05, 3.63) is 23.8 Å². The highest BCUT2D eigenvalue weighted by Crippen LogP contribution is 2.29. The zero-order valence-corrected chi connectivity index (χ0v) is 11.3. The first-order chi connectivity index (χ1) is 9.20. The molecule has 4 nitrogen and oxygen atoms in total. The van der Waals surface area contributed by atoms with E-state index in [9.17, 15) is 10.0 Å². The molecule has 1 saturated carbocycles. The van der Waals surface area contributed by atoms with Crippen LogP contribution in [0.4, 0.5) is 0 Å². The Bertz CT molecular complexity index is 404. The molecule has 104 valence electrons. The minimum absolute atomic E-state index is 0.377. The monoisotopic (exact) mass is 264 g/mol. The Labute approximate surface area is 114 Å². The highest BCUT2D eigenvalue weighted by Gasteiger charge is 2.18. The van der Waals surface area contributed by atoms with Gasteiger partial charge in [0, 0.05) is 12.1 Å². The summed E-state index contributed by atoms with van der Waals surface area (Å²) < 4.78 is 10.7. The lowest BCUT2D eigenvalue weighted by molar-refractivity contribution is 0.0950. The number of hydrogen-bond donors (Lipinski definition) is 2. The van der Waals surface area contributed by atoms with E-state index in [1.165, 1.54) is 26.4 Å². The fraction of sp³-hybridized carbons (Fsp3) is 0.571. The zero-order chi connectivity index (χ0) is 13.7. The highest BCUT2D eigenvalue weighted by molar-refractivity contribution is 6.59. The smallest absolute Gasteiger partial charge is 0.492 e. The second-order valence-corrected chi connectivity index (χ2v) is 5.09. The quantitative estimate of drug-likeness (QED) is 0.571. The third kappa shape index (κ3) is 3.96. The average molecular weight is 264 g/mol. The minimum atomic E-state index is -1.52. The summed E-state index contributed by atoms with van der Waals surface area (Å²) in [5.74, 6) is 1.33. The molecule has 2 N–H and O–H groups in total. The topological polar surface area (TPSA) is 58.9 Å². The summed E-state index contributed by atoms with van der Waals surface area (Å²) in [4.78, 5) is 0. The van der Waals surface area contributed by atoms with E-state index < -0.39 is 7.12 Å². The standard InChI is InChI=1S/C14H21BO4/c1-18-14-6-5-12(9-13(14)15(16)17)10-19-8-7-11-3-2-4-11/h5-6,9,11,16-17H,2-4,7-8,10H2,1H3. The maximum atomic E-state index is 9.28. The van der Waals surface area contributed by atoms with Crippen LogP contribution in [0.25, 0.3) is 0 Å². The molecule has 1 aliphatic rings. The predicted molar refractivity (Wildman–Crippen MR) is 74.4 cm³/mol. The van der Waals surface area contributed by atoms with Crippen LogP contribution in [0.2, 0.25) is 0 Å². The van der Waals surface area contributed by atoms with Crippen LogP contribution in [-0.2, 0) is 11.3 Å². The van der Waals surface area contributed by atoms with Crippen molar-refractivity contribution in [3.8, 4) is 5.75 Å². The molecule has 0 radical (unpaired) electrons. The van der Waals surface area contributed by atoms with Crippen LogP contribution in [0.15, 0.2) is 18.2 Å². The minimum Gasteiger partial charge on any atom is -0.497 e. The van der Waals surface area contributed by atoms with Crippen LogP contribution in [0.3, 0.4) is 0 Å². The molecule has 0 aliphatic heterocycles. The first kappa shape index (κ1) is 14.4. The molecule has 0 amide bonds. The van der Waals surface area contributed by atoms with Gasteiger partial charge in [0.05, 0.1) is 13.7 Å². The molecule has 0 bridgehead atoms. The van der Waals surface area contributed by atoms with E-state index in [0.29, 0.717) is 17.8 Å². The van der Waals surface area contributed by atoms with Crippen molar-refractivity contribution < 1.29 is 19.5 Å². The van der Waals surface area contributed by atoms with Crippen LogP contribution in [-0.4, -0.2) is 30.9 Å². The van der Waals surface area contributed by atoms with Crippen molar-refractivity contribution in [2.24, 2.45) is 5.92 Å². The Morgan fingerprint density at radius 3 is 2.68 bits per heavy atom. The Kier molecular flexibility index (Phi) is 5.25. The van der Waals surface area contributed by atoms with Crippen molar-refractivity contribution >= 4 is 12.6 Å². The van der Waals surface area contributed by atoms with E-state index in [1.807, 2.05) is 6.07 Å². The zero-order valence-electron chi connectivity index (χ0n) is 11.3. The number of rotatable bonds is 7. The number of ether oxygens (including phenoxy) is 2. The van der Waals surface area contributed by atoms with Crippen LogP contribution in [0.1, 0.15) is 31.2 Å². The van der Waals surface area contributed by atoms with Gasteiger partial charge in [0.1, 0.15) is 5.75 Å². The summed E-state index contributed by atoms with van der Waals surface area (Å²) in [5, 5.41) is 18.6. The Morgan fingerprint density at radius 2 is 2.11 bits per heavy atom. The molecule has 0 spiro atoms. The van der Waals surface area contributed by atoms with Gasteiger partial charge in [0.25, 0.3) is 0 Å². The molecule has 2 rings (SSSR count). The molecular formula is C14H21BO4. The molecule has 1 aromatic carbocycles. The molecule has 1 fully saturated rings. The average Bonchev–Trinajstić information content (AvgIpc) is 2.36. The van der Waals surface area contributed by atoms with Gasteiger partial charge in [-0.2, -0.15) is 0 Å². The van der Waals surface area contributed by atoms with Gasteiger partial charge in [-0.25, -0.2) is 0 Å². The van der Waals surface area contributed by atoms with Crippen LogP contribution >= 0.6 is 0 Å². The summed E-state index contributed by atoms with van der Waals surface area (Å²) >= 11 is 0. The van der Waals surface area contributed by atoms with E-state index in [0.717, 1.165) is 24.5 Å². The number of benzene rings is 1. The van der Waals surface area contributed by atoms with Crippen molar-refractivity contribution in [2.45, 2.75) is 32.3 Å². The van der Waals surface area contributed by atoms with Gasteiger partial charge in [-0.1, -0.05) is 31.4 Å². The van der Waals surface area contributed by atoms with Crippen LogP contribution < -0.4 is 10.2 Å². The van der Waals surface area contributed by atoms with Crippen molar-refractivity contribution in [3.63, 3.8) is 0 Å². The van der Waals surface area contributed by atoms with E-state index in [2.05, 4.69) is 0 Å². The summed E-state index contributed by atoms with van der Waals surface area (Å²) in [6.45, 7) is 1.27. The number of methoxy groups -OCH3 is 1. The lowest BCUT2D eigenvalue weighted by Gasteiger charge is -2.24. The highest BCUT2D eigenvalue weighted by atomic mass is 16.5. The van der Waals surface area contributed by atoms with E-state index >= 15 is 0 Å². The molecule has 0 unspecified atom stereocenters. The molecule has 1 aromatic rings. The van der Waals surface area contributed by atoms with E-state index in [4.69, 9.17) is 9.47 Å². The molecule has 0 atom stereocenters. The summed E-state index contributed by atoms with van der Waals surface area (Å²) in [6.07, 6.45) is 5.17. The van der Waals surface area contributed by atoms with Crippen molar-refractivity contribution in [2.75, 3.05) is 13.7 Å². The van der Waals surface area contributed by atoms with E-state index in [-0.39, 0.29) is 0 Å². The molecule has 19 heavy (non-hydrogen) atoms. The first-order valence-corrected chi connectivity index (χ1v) is 6.81. The maximum absolute atomic E-state index is 9.28. The third-order valence-corrected chi connectivity index (χ3v) is 3.74. The molecule has 5 heteroatoms. The molecule has 0 aromatic heterocycles. The molecule has 1 aliphatic carbocycles. The van der Waals surface area contributed by atoms with Crippen molar-refractivity contribution in [1.29, 1.82) is 0 Å². The van der Waals surface area contributed by atoms with Gasteiger partial charge < -0.3 is 19.5 Å². The Morgan fingerprint density at radius 1 is 1.32 bits per heavy atom. The van der Waals surface area contributed by atoms with Crippen LogP contribution in [0, 0.1) is 5.92 Å². The number of hydrogen-bond acceptors (Lipinski definition) is 4. The van der Waals surface area contributed by atoms with E-state index in [1.54, 1.807) is 12.1 Å². The predicted octanol–water partition coefficient (Wildman–Crippen LogP) is 1.08. The fourth-order valence-electron chi connectivity index (χ4n) is 2.30. The Balaban J connectivity index is 1.83. The second kappa shape index (κ2) is 6.94. The lowest BCUT2D eigenvalue weighted by atomic mass is 9.79. The summed E-state index contributed by atoms with van der Waals surface area (Å²) in [7, 11) is -0.0133. The maximum Gasteiger partial charge on any atom is 0.492 e. The largest absolute Gasteiger partial charge is 0.497 e. The van der Waals surface area contributed by atoms with Crippen molar-refractivity contribution in [1.82, 2.24) is 0 Å². The SMILES string of the molecule is COc1ccc(COCCC2CCC2)cc1B(O)O. The van der Waals surface area contributed by atoms with Gasteiger partial charge in [-0.15, -0.1) is 0 Å². The third-order valence-electron chi connectivity index (χ3n) is 3.74. The summed E-state index contributed by atoms with van der Waals surface area (Å²) in [6, 6.07) is 5.33. The first-order valence-electron chi connectivity index (χ1n) is 6.81. The lowest BCUT2D eigenvalue weighted by Crippen LogP contribution is -2.31. The van der Waals surface area contributed by atoms with Gasteiger partial charge in [-0.3, -0.25) is 0 Å². The molecule has 0 heterocycles. The second-order valence-electron chi connectivity index (χ2n) is 5.09. The molecular weight excluding hydrogens is 243 g/mol. The van der Waals surface area contributed by atoms with Gasteiger partial charge in [0.2, 0.25) is 0 Å².